The first-order chi connectivity index (χ1) is 9.79. The molecular formula is C19H19F. The fraction of sp³-hybridized carbons (Fsp3) is 0.263. The van der Waals surface area contributed by atoms with Gasteiger partial charge in [0.15, 0.2) is 0 Å². The number of halogens is 1. The SMILES string of the molecule is CCCCCc1ccc2c(ccc3c(F)cccc32)c1. The molecule has 0 aliphatic carbocycles. The van der Waals surface area contributed by atoms with Gasteiger partial charge in [-0.05, 0) is 40.6 Å². The number of benzene rings is 3. The molecule has 3 aromatic rings. The Morgan fingerprint density at radius 3 is 2.55 bits per heavy atom. The molecule has 0 unspecified atom stereocenters. The second kappa shape index (κ2) is 5.62. The van der Waals surface area contributed by atoms with Gasteiger partial charge in [-0.2, -0.15) is 0 Å². The summed E-state index contributed by atoms with van der Waals surface area (Å²) in [5.41, 5.74) is 1.38. The number of unbranched alkanes of at least 4 members (excludes halogenated alkanes) is 2. The highest BCUT2D eigenvalue weighted by atomic mass is 19.1. The molecule has 0 amide bonds. The maximum Gasteiger partial charge on any atom is 0.131 e. The van der Waals surface area contributed by atoms with Gasteiger partial charge in [0.25, 0.3) is 0 Å². The Balaban J connectivity index is 2.06. The van der Waals surface area contributed by atoms with E-state index >= 15 is 0 Å². The summed E-state index contributed by atoms with van der Waals surface area (Å²) in [6.07, 6.45) is 4.90. The van der Waals surface area contributed by atoms with E-state index in [0.717, 1.165) is 17.2 Å². The van der Waals surface area contributed by atoms with Crippen LogP contribution >= 0.6 is 0 Å². The van der Waals surface area contributed by atoms with Gasteiger partial charge in [0.2, 0.25) is 0 Å². The lowest BCUT2D eigenvalue weighted by molar-refractivity contribution is 0.640. The fourth-order valence-electron chi connectivity index (χ4n) is 2.84. The van der Waals surface area contributed by atoms with Crippen molar-refractivity contribution in [3.63, 3.8) is 0 Å². The number of aryl methyl sites for hydroxylation is 1. The summed E-state index contributed by atoms with van der Waals surface area (Å²) in [5, 5.41) is 4.06. The molecule has 0 N–H and O–H groups in total. The van der Waals surface area contributed by atoms with Gasteiger partial charge in [-0.15, -0.1) is 0 Å². The summed E-state index contributed by atoms with van der Waals surface area (Å²) < 4.78 is 13.8. The lowest BCUT2D eigenvalue weighted by Crippen LogP contribution is -1.87. The van der Waals surface area contributed by atoms with Gasteiger partial charge in [0.05, 0.1) is 0 Å². The smallest absolute Gasteiger partial charge is 0.131 e. The summed E-state index contributed by atoms with van der Waals surface area (Å²) in [6.45, 7) is 2.22. The Hall–Kier alpha value is -1.89. The van der Waals surface area contributed by atoms with Crippen molar-refractivity contribution in [2.24, 2.45) is 0 Å². The molecule has 20 heavy (non-hydrogen) atoms. The van der Waals surface area contributed by atoms with E-state index in [1.165, 1.54) is 36.3 Å². The van der Waals surface area contributed by atoms with Gasteiger partial charge in [-0.3, -0.25) is 0 Å². The molecule has 3 aromatic carbocycles. The average molecular weight is 266 g/mol. The number of hydrogen-bond acceptors (Lipinski definition) is 0. The Morgan fingerprint density at radius 1 is 0.850 bits per heavy atom. The molecule has 0 fully saturated rings. The Kier molecular flexibility index (Phi) is 3.68. The van der Waals surface area contributed by atoms with Crippen molar-refractivity contribution >= 4 is 21.5 Å². The molecule has 0 heterocycles. The van der Waals surface area contributed by atoms with Crippen LogP contribution in [-0.2, 0) is 6.42 Å². The molecule has 0 saturated carbocycles. The van der Waals surface area contributed by atoms with Crippen LogP contribution in [0.3, 0.4) is 0 Å². The summed E-state index contributed by atoms with van der Waals surface area (Å²) in [4.78, 5) is 0. The maximum absolute atomic E-state index is 13.8. The predicted octanol–water partition coefficient (Wildman–Crippen LogP) is 5.86. The van der Waals surface area contributed by atoms with Crippen molar-refractivity contribution in [2.45, 2.75) is 32.6 Å². The minimum atomic E-state index is -0.142. The normalized spacial score (nSPS) is 11.3. The van der Waals surface area contributed by atoms with Gasteiger partial charge in [0.1, 0.15) is 5.82 Å². The standard InChI is InChI=1S/C19H19F/c1-2-3-4-6-14-9-11-16-15(13-14)10-12-18-17(16)7-5-8-19(18)20/h5,7-13H,2-4,6H2,1H3. The first-order valence-electron chi connectivity index (χ1n) is 7.39. The zero-order chi connectivity index (χ0) is 13.9. The Morgan fingerprint density at radius 2 is 1.70 bits per heavy atom. The van der Waals surface area contributed by atoms with E-state index < -0.39 is 0 Å². The van der Waals surface area contributed by atoms with Crippen LogP contribution in [0.2, 0.25) is 0 Å². The van der Waals surface area contributed by atoms with Crippen LogP contribution in [0.5, 0.6) is 0 Å². The predicted molar refractivity (Wildman–Crippen MR) is 84.6 cm³/mol. The topological polar surface area (TPSA) is 0 Å². The molecule has 0 nitrogen and oxygen atoms in total. The highest BCUT2D eigenvalue weighted by molar-refractivity contribution is 6.07. The lowest BCUT2D eigenvalue weighted by Gasteiger charge is -2.07. The minimum Gasteiger partial charge on any atom is -0.206 e. The first kappa shape index (κ1) is 13.1. The molecular weight excluding hydrogens is 247 g/mol. The molecule has 3 rings (SSSR count). The summed E-state index contributed by atoms with van der Waals surface area (Å²) in [7, 11) is 0. The summed E-state index contributed by atoms with van der Waals surface area (Å²) in [5.74, 6) is -0.142. The van der Waals surface area contributed by atoms with E-state index in [0.29, 0.717) is 5.39 Å². The number of rotatable bonds is 4. The minimum absolute atomic E-state index is 0.142. The van der Waals surface area contributed by atoms with E-state index in [4.69, 9.17) is 0 Å². The van der Waals surface area contributed by atoms with Crippen LogP contribution in [-0.4, -0.2) is 0 Å². The van der Waals surface area contributed by atoms with E-state index in [9.17, 15) is 4.39 Å². The monoisotopic (exact) mass is 266 g/mol. The van der Waals surface area contributed by atoms with E-state index in [1.807, 2.05) is 18.2 Å². The molecule has 0 bridgehead atoms. The number of fused-ring (bicyclic) bond motifs is 3. The van der Waals surface area contributed by atoms with Crippen molar-refractivity contribution in [2.75, 3.05) is 0 Å². The second-order valence-electron chi connectivity index (χ2n) is 5.41. The quantitative estimate of drug-likeness (QED) is 0.409. The molecule has 0 atom stereocenters. The average Bonchev–Trinajstić information content (AvgIpc) is 2.47. The van der Waals surface area contributed by atoms with Crippen molar-refractivity contribution in [1.29, 1.82) is 0 Å². The first-order valence-corrected chi connectivity index (χ1v) is 7.39. The zero-order valence-electron chi connectivity index (χ0n) is 11.8. The van der Waals surface area contributed by atoms with Gasteiger partial charge in [-0.1, -0.05) is 62.2 Å². The highest BCUT2D eigenvalue weighted by Gasteiger charge is 2.05. The van der Waals surface area contributed by atoms with Crippen LogP contribution in [0.1, 0.15) is 31.7 Å². The van der Waals surface area contributed by atoms with Crippen LogP contribution < -0.4 is 0 Å². The highest BCUT2D eigenvalue weighted by Crippen LogP contribution is 2.28. The molecule has 0 aliphatic rings. The molecule has 0 spiro atoms. The largest absolute Gasteiger partial charge is 0.206 e. The maximum atomic E-state index is 13.8. The van der Waals surface area contributed by atoms with Crippen LogP contribution in [0, 0.1) is 5.82 Å². The van der Waals surface area contributed by atoms with Gasteiger partial charge >= 0.3 is 0 Å². The second-order valence-corrected chi connectivity index (χ2v) is 5.41. The molecule has 0 aliphatic heterocycles. The van der Waals surface area contributed by atoms with Gasteiger partial charge in [0, 0.05) is 5.39 Å². The van der Waals surface area contributed by atoms with Crippen molar-refractivity contribution in [1.82, 2.24) is 0 Å². The Bertz CT molecular complexity index is 743. The van der Waals surface area contributed by atoms with Crippen LogP contribution in [0.25, 0.3) is 21.5 Å². The van der Waals surface area contributed by atoms with Crippen molar-refractivity contribution in [3.05, 3.63) is 59.9 Å². The zero-order valence-corrected chi connectivity index (χ0v) is 11.8. The van der Waals surface area contributed by atoms with E-state index in [-0.39, 0.29) is 5.82 Å². The van der Waals surface area contributed by atoms with E-state index in [1.54, 1.807) is 6.07 Å². The molecule has 0 saturated heterocycles. The van der Waals surface area contributed by atoms with Gasteiger partial charge < -0.3 is 0 Å². The van der Waals surface area contributed by atoms with Crippen LogP contribution in [0.4, 0.5) is 4.39 Å². The third-order valence-corrected chi connectivity index (χ3v) is 3.96. The third kappa shape index (κ3) is 2.40. The lowest BCUT2D eigenvalue weighted by atomic mass is 9.98. The van der Waals surface area contributed by atoms with E-state index in [2.05, 4.69) is 25.1 Å². The summed E-state index contributed by atoms with van der Waals surface area (Å²) >= 11 is 0. The molecule has 0 aromatic heterocycles. The van der Waals surface area contributed by atoms with Crippen molar-refractivity contribution < 1.29 is 4.39 Å². The third-order valence-electron chi connectivity index (χ3n) is 3.96. The molecule has 102 valence electrons. The van der Waals surface area contributed by atoms with Crippen LogP contribution in [0.15, 0.2) is 48.5 Å². The fourth-order valence-corrected chi connectivity index (χ4v) is 2.84. The van der Waals surface area contributed by atoms with Gasteiger partial charge in [-0.25, -0.2) is 4.39 Å². The van der Waals surface area contributed by atoms with Crippen molar-refractivity contribution in [3.8, 4) is 0 Å². The number of hydrogen-bond donors (Lipinski definition) is 0. The molecule has 0 radical (unpaired) electrons. The Labute approximate surface area is 119 Å². The summed E-state index contributed by atoms with van der Waals surface area (Å²) in [6, 6.07) is 15.8. The molecule has 1 heteroatoms.